The zero-order valence-electron chi connectivity index (χ0n) is 15.2. The highest BCUT2D eigenvalue weighted by Crippen LogP contribution is 2.29. The number of carbonyl (C=O) groups excluding carboxylic acids is 1. The molecular formula is C20H18N4O3S. The summed E-state index contributed by atoms with van der Waals surface area (Å²) in [5, 5.41) is 12.0. The molecule has 1 N–H and O–H groups in total. The van der Waals surface area contributed by atoms with Crippen LogP contribution < -0.4 is 5.32 Å². The van der Waals surface area contributed by atoms with Gasteiger partial charge in [-0.3, -0.25) is 9.36 Å². The molecule has 28 heavy (non-hydrogen) atoms. The van der Waals surface area contributed by atoms with Crippen molar-refractivity contribution in [2.75, 3.05) is 5.75 Å². The van der Waals surface area contributed by atoms with Gasteiger partial charge in [0.2, 0.25) is 11.7 Å². The van der Waals surface area contributed by atoms with E-state index in [0.717, 1.165) is 11.3 Å². The summed E-state index contributed by atoms with van der Waals surface area (Å²) in [6.45, 7) is 2.38. The number of thioether (sulfide) groups is 1. The molecule has 1 aromatic carbocycles. The van der Waals surface area contributed by atoms with E-state index < -0.39 is 0 Å². The predicted molar refractivity (Wildman–Crippen MR) is 105 cm³/mol. The van der Waals surface area contributed by atoms with Crippen molar-refractivity contribution in [3.63, 3.8) is 0 Å². The lowest BCUT2D eigenvalue weighted by Gasteiger charge is -2.11. The van der Waals surface area contributed by atoms with Crippen LogP contribution in [0.15, 0.2) is 75.0 Å². The van der Waals surface area contributed by atoms with E-state index in [9.17, 15) is 4.79 Å². The molecule has 0 atom stereocenters. The minimum Gasteiger partial charge on any atom is -0.467 e. The number of aromatic nitrogens is 3. The number of furan rings is 2. The van der Waals surface area contributed by atoms with Gasteiger partial charge >= 0.3 is 0 Å². The maximum atomic E-state index is 12.2. The van der Waals surface area contributed by atoms with Crippen LogP contribution in [-0.4, -0.2) is 26.4 Å². The average molecular weight is 394 g/mol. The molecule has 4 rings (SSSR count). The van der Waals surface area contributed by atoms with Crippen LogP contribution in [-0.2, 0) is 11.3 Å². The van der Waals surface area contributed by atoms with Gasteiger partial charge in [0.15, 0.2) is 10.9 Å². The van der Waals surface area contributed by atoms with Gasteiger partial charge in [0, 0.05) is 0 Å². The monoisotopic (exact) mass is 394 g/mol. The molecule has 7 nitrogen and oxygen atoms in total. The third-order valence-electron chi connectivity index (χ3n) is 4.10. The molecule has 0 saturated heterocycles. The minimum absolute atomic E-state index is 0.111. The molecule has 0 aliphatic rings. The molecule has 0 bridgehead atoms. The molecule has 142 valence electrons. The van der Waals surface area contributed by atoms with Gasteiger partial charge in [-0.25, -0.2) is 0 Å². The van der Waals surface area contributed by atoms with Crippen LogP contribution in [0.25, 0.3) is 17.3 Å². The number of para-hydroxylation sites is 1. The zero-order valence-corrected chi connectivity index (χ0v) is 16.0. The zero-order chi connectivity index (χ0) is 19.3. The van der Waals surface area contributed by atoms with E-state index in [-0.39, 0.29) is 11.7 Å². The van der Waals surface area contributed by atoms with E-state index in [0.29, 0.717) is 29.0 Å². The maximum Gasteiger partial charge on any atom is 0.230 e. The van der Waals surface area contributed by atoms with Crippen LogP contribution in [0.3, 0.4) is 0 Å². The topological polar surface area (TPSA) is 86.1 Å². The van der Waals surface area contributed by atoms with E-state index in [2.05, 4.69) is 15.5 Å². The van der Waals surface area contributed by atoms with Gasteiger partial charge in [-0.05, 0) is 42.8 Å². The first-order valence-electron chi connectivity index (χ1n) is 8.69. The molecular weight excluding hydrogens is 376 g/mol. The fourth-order valence-electron chi connectivity index (χ4n) is 2.74. The number of nitrogens with one attached hydrogen (secondary N) is 1. The molecule has 0 saturated carbocycles. The SMILES string of the molecule is Cc1ccccc1-n1c(SCC(=O)NCc2ccco2)nnc1-c1ccco1. The van der Waals surface area contributed by atoms with Gasteiger partial charge in [-0.15, -0.1) is 10.2 Å². The lowest BCUT2D eigenvalue weighted by Crippen LogP contribution is -2.24. The van der Waals surface area contributed by atoms with Crippen molar-refractivity contribution in [3.05, 3.63) is 72.4 Å². The van der Waals surface area contributed by atoms with Crippen LogP contribution in [0.2, 0.25) is 0 Å². The third-order valence-corrected chi connectivity index (χ3v) is 5.03. The summed E-state index contributed by atoms with van der Waals surface area (Å²) in [4.78, 5) is 12.2. The van der Waals surface area contributed by atoms with Crippen molar-refractivity contribution in [2.24, 2.45) is 0 Å². The van der Waals surface area contributed by atoms with Crippen LogP contribution in [0.1, 0.15) is 11.3 Å². The van der Waals surface area contributed by atoms with Crippen LogP contribution >= 0.6 is 11.8 Å². The quantitative estimate of drug-likeness (QED) is 0.479. The van der Waals surface area contributed by atoms with Gasteiger partial charge in [0.25, 0.3) is 0 Å². The summed E-state index contributed by atoms with van der Waals surface area (Å²) < 4.78 is 12.7. The Kier molecular flexibility index (Phi) is 5.29. The second-order valence-electron chi connectivity index (χ2n) is 6.05. The van der Waals surface area contributed by atoms with Crippen molar-refractivity contribution in [1.82, 2.24) is 20.1 Å². The molecule has 0 fully saturated rings. The molecule has 8 heteroatoms. The normalized spacial score (nSPS) is 10.9. The Morgan fingerprint density at radius 1 is 1.07 bits per heavy atom. The molecule has 1 amide bonds. The summed E-state index contributed by atoms with van der Waals surface area (Å²) >= 11 is 1.32. The predicted octanol–water partition coefficient (Wildman–Crippen LogP) is 3.84. The Hall–Kier alpha value is -3.26. The molecule has 0 unspecified atom stereocenters. The standard InChI is InChI=1S/C20H18N4O3S/c1-14-6-2-3-8-16(14)24-19(17-9-5-11-27-17)22-23-20(24)28-13-18(25)21-12-15-7-4-10-26-15/h2-11H,12-13H2,1H3,(H,21,25). The first kappa shape index (κ1) is 18.1. The Morgan fingerprint density at radius 2 is 1.89 bits per heavy atom. The van der Waals surface area contributed by atoms with Crippen molar-refractivity contribution < 1.29 is 13.6 Å². The first-order valence-corrected chi connectivity index (χ1v) is 9.68. The van der Waals surface area contributed by atoms with Crippen molar-refractivity contribution in [3.8, 4) is 17.3 Å². The first-order chi connectivity index (χ1) is 13.7. The van der Waals surface area contributed by atoms with E-state index in [1.807, 2.05) is 47.9 Å². The van der Waals surface area contributed by atoms with Gasteiger partial charge in [0.05, 0.1) is 30.5 Å². The second kappa shape index (κ2) is 8.18. The smallest absolute Gasteiger partial charge is 0.230 e. The number of amides is 1. The number of benzene rings is 1. The second-order valence-corrected chi connectivity index (χ2v) is 6.99. The summed E-state index contributed by atoms with van der Waals surface area (Å²) in [5.41, 5.74) is 2.01. The van der Waals surface area contributed by atoms with E-state index in [1.165, 1.54) is 11.8 Å². The van der Waals surface area contributed by atoms with Crippen LogP contribution in [0, 0.1) is 6.92 Å². The fraction of sp³-hybridized carbons (Fsp3) is 0.150. The number of nitrogens with zero attached hydrogens (tertiary/aromatic N) is 3. The lowest BCUT2D eigenvalue weighted by atomic mass is 10.2. The number of rotatable bonds is 7. The molecule has 0 radical (unpaired) electrons. The van der Waals surface area contributed by atoms with E-state index >= 15 is 0 Å². The van der Waals surface area contributed by atoms with Gasteiger partial charge < -0.3 is 14.2 Å². The number of aryl methyl sites for hydroxylation is 1. The molecule has 3 heterocycles. The van der Waals surface area contributed by atoms with Gasteiger partial charge in [-0.2, -0.15) is 0 Å². The fourth-order valence-corrected chi connectivity index (χ4v) is 3.52. The molecule has 3 aromatic heterocycles. The average Bonchev–Trinajstić information content (AvgIpc) is 3.46. The Morgan fingerprint density at radius 3 is 2.64 bits per heavy atom. The molecule has 0 spiro atoms. The number of hydrogen-bond donors (Lipinski definition) is 1. The van der Waals surface area contributed by atoms with E-state index in [1.54, 1.807) is 24.7 Å². The highest BCUT2D eigenvalue weighted by molar-refractivity contribution is 7.99. The maximum absolute atomic E-state index is 12.2. The lowest BCUT2D eigenvalue weighted by molar-refractivity contribution is -0.118. The molecule has 4 aromatic rings. The Labute approximate surface area is 165 Å². The largest absolute Gasteiger partial charge is 0.467 e. The minimum atomic E-state index is -0.111. The van der Waals surface area contributed by atoms with Crippen LogP contribution in [0.4, 0.5) is 0 Å². The highest BCUT2D eigenvalue weighted by atomic mass is 32.2. The van der Waals surface area contributed by atoms with Crippen molar-refractivity contribution in [1.29, 1.82) is 0 Å². The van der Waals surface area contributed by atoms with Gasteiger partial charge in [-0.1, -0.05) is 30.0 Å². The summed E-state index contributed by atoms with van der Waals surface area (Å²) in [7, 11) is 0. The summed E-state index contributed by atoms with van der Waals surface area (Å²) in [5.74, 6) is 2.02. The summed E-state index contributed by atoms with van der Waals surface area (Å²) in [6.07, 6.45) is 3.18. The third kappa shape index (κ3) is 3.86. The van der Waals surface area contributed by atoms with Crippen LogP contribution in [0.5, 0.6) is 0 Å². The number of hydrogen-bond acceptors (Lipinski definition) is 6. The molecule has 0 aliphatic carbocycles. The number of carbonyl (C=O) groups is 1. The Bertz CT molecular complexity index is 1060. The highest BCUT2D eigenvalue weighted by Gasteiger charge is 2.19. The van der Waals surface area contributed by atoms with E-state index in [4.69, 9.17) is 8.83 Å². The van der Waals surface area contributed by atoms with Crippen molar-refractivity contribution in [2.45, 2.75) is 18.6 Å². The van der Waals surface area contributed by atoms with Gasteiger partial charge in [0.1, 0.15) is 5.76 Å². The van der Waals surface area contributed by atoms with Crippen molar-refractivity contribution >= 4 is 17.7 Å². The Balaban J connectivity index is 1.55. The summed E-state index contributed by atoms with van der Waals surface area (Å²) in [6, 6.07) is 15.2. The molecule has 0 aliphatic heterocycles.